The van der Waals surface area contributed by atoms with E-state index in [4.69, 9.17) is 9.72 Å². The number of hydrogen-bond donors (Lipinski definition) is 0. The van der Waals surface area contributed by atoms with E-state index in [9.17, 15) is 4.79 Å². The Hall–Kier alpha value is -4.48. The van der Waals surface area contributed by atoms with Gasteiger partial charge in [0, 0.05) is 37.1 Å². The molecule has 1 fully saturated rings. The van der Waals surface area contributed by atoms with Crippen LogP contribution in [0.3, 0.4) is 0 Å². The molecule has 41 heavy (non-hydrogen) atoms. The van der Waals surface area contributed by atoms with E-state index in [2.05, 4.69) is 84.6 Å². The van der Waals surface area contributed by atoms with E-state index in [1.807, 2.05) is 48.2 Å². The number of aromatic nitrogens is 1. The van der Waals surface area contributed by atoms with Gasteiger partial charge in [-0.25, -0.2) is 4.98 Å². The lowest BCUT2D eigenvalue weighted by molar-refractivity contribution is 0.0599. The third kappa shape index (κ3) is 5.72. The molecule has 5 heteroatoms. The Morgan fingerprint density at radius 3 is 2.05 bits per heavy atom. The van der Waals surface area contributed by atoms with Crippen molar-refractivity contribution in [3.63, 3.8) is 0 Å². The van der Waals surface area contributed by atoms with E-state index in [1.165, 1.54) is 11.1 Å². The molecule has 5 aromatic rings. The molecule has 0 atom stereocenters. The van der Waals surface area contributed by atoms with E-state index >= 15 is 0 Å². The quantitative estimate of drug-likeness (QED) is 0.219. The minimum absolute atomic E-state index is 0.0609. The van der Waals surface area contributed by atoms with Crippen molar-refractivity contribution >= 4 is 16.8 Å². The molecular formula is C36H35N3O2. The van der Waals surface area contributed by atoms with Gasteiger partial charge in [-0.1, -0.05) is 72.3 Å². The summed E-state index contributed by atoms with van der Waals surface area (Å²) in [4.78, 5) is 23.6. The van der Waals surface area contributed by atoms with Gasteiger partial charge in [0.2, 0.25) is 0 Å². The van der Waals surface area contributed by atoms with Crippen LogP contribution >= 0.6 is 0 Å². The van der Waals surface area contributed by atoms with Gasteiger partial charge in [0.05, 0.1) is 29.4 Å². The Balaban J connectivity index is 1.28. The normalized spacial score (nSPS) is 14.0. The van der Waals surface area contributed by atoms with Gasteiger partial charge in [-0.2, -0.15) is 0 Å². The molecule has 1 aliphatic rings. The van der Waals surface area contributed by atoms with E-state index in [0.29, 0.717) is 25.3 Å². The van der Waals surface area contributed by atoms with E-state index in [-0.39, 0.29) is 11.9 Å². The predicted molar refractivity (Wildman–Crippen MR) is 165 cm³/mol. The molecule has 206 valence electrons. The van der Waals surface area contributed by atoms with Crippen molar-refractivity contribution in [1.82, 2.24) is 14.8 Å². The second-order valence-electron chi connectivity index (χ2n) is 10.6. The number of carbonyl (C=O) groups excluding carboxylic acids is 1. The van der Waals surface area contributed by atoms with Crippen molar-refractivity contribution in [3.8, 4) is 17.0 Å². The lowest BCUT2D eigenvalue weighted by Crippen LogP contribution is -2.49. The van der Waals surface area contributed by atoms with Gasteiger partial charge >= 0.3 is 0 Å². The van der Waals surface area contributed by atoms with E-state index in [1.54, 1.807) is 0 Å². The minimum atomic E-state index is 0.0609. The Morgan fingerprint density at radius 2 is 1.44 bits per heavy atom. The first kappa shape index (κ1) is 26.7. The number of benzene rings is 4. The number of nitrogens with zero attached hydrogens (tertiary/aromatic N) is 3. The Labute approximate surface area is 242 Å². The van der Waals surface area contributed by atoms with Gasteiger partial charge in [0.25, 0.3) is 5.91 Å². The highest BCUT2D eigenvalue weighted by atomic mass is 16.5. The number of piperazine rings is 1. The fraction of sp³-hybridized carbons (Fsp3) is 0.222. The van der Waals surface area contributed by atoms with Crippen molar-refractivity contribution in [2.24, 2.45) is 0 Å². The maximum Gasteiger partial charge on any atom is 0.254 e. The number of hydrogen-bond acceptors (Lipinski definition) is 4. The van der Waals surface area contributed by atoms with Crippen molar-refractivity contribution in [1.29, 1.82) is 0 Å². The first-order chi connectivity index (χ1) is 20.1. The molecule has 1 aromatic heterocycles. The SMILES string of the molecule is CCOc1ccc(-c2cc(C(=O)N3CCN(C(c4ccccc4)c4ccccc4)CC3)c3cc(C)ccc3n2)cc1. The topological polar surface area (TPSA) is 45.7 Å². The Kier molecular flexibility index (Phi) is 7.79. The van der Waals surface area contributed by atoms with Crippen LogP contribution in [0.5, 0.6) is 5.75 Å². The average molecular weight is 542 g/mol. The molecule has 0 radical (unpaired) electrons. The summed E-state index contributed by atoms with van der Waals surface area (Å²) in [5.41, 5.74) is 6.95. The zero-order valence-electron chi connectivity index (χ0n) is 23.7. The van der Waals surface area contributed by atoms with Crippen LogP contribution in [0, 0.1) is 6.92 Å². The lowest BCUT2D eigenvalue weighted by atomic mass is 9.96. The number of ether oxygens (including phenoxy) is 1. The Bertz CT molecular complexity index is 1590. The highest BCUT2D eigenvalue weighted by Crippen LogP contribution is 2.31. The largest absolute Gasteiger partial charge is 0.494 e. The van der Waals surface area contributed by atoms with Crippen LogP contribution in [0.1, 0.15) is 40.0 Å². The molecule has 0 aliphatic carbocycles. The highest BCUT2D eigenvalue weighted by Gasteiger charge is 2.29. The van der Waals surface area contributed by atoms with Crippen LogP contribution in [0.25, 0.3) is 22.2 Å². The fourth-order valence-electron chi connectivity index (χ4n) is 5.79. The van der Waals surface area contributed by atoms with Crippen molar-refractivity contribution in [3.05, 3.63) is 131 Å². The summed E-state index contributed by atoms with van der Waals surface area (Å²) in [5.74, 6) is 0.886. The fourth-order valence-corrected chi connectivity index (χ4v) is 5.79. The summed E-state index contributed by atoms with van der Waals surface area (Å²) < 4.78 is 5.62. The van der Waals surface area contributed by atoms with Crippen LogP contribution in [0.4, 0.5) is 0 Å². The summed E-state index contributed by atoms with van der Waals surface area (Å²) in [7, 11) is 0. The van der Waals surface area contributed by atoms with Crippen LogP contribution in [0.15, 0.2) is 109 Å². The second kappa shape index (κ2) is 11.9. The number of fused-ring (bicyclic) bond motifs is 1. The molecule has 0 bridgehead atoms. The molecule has 5 nitrogen and oxygen atoms in total. The van der Waals surface area contributed by atoms with Gasteiger partial charge < -0.3 is 9.64 Å². The third-order valence-electron chi connectivity index (χ3n) is 7.85. The molecule has 0 unspecified atom stereocenters. The number of rotatable bonds is 7. The molecule has 0 saturated carbocycles. The smallest absolute Gasteiger partial charge is 0.254 e. The van der Waals surface area contributed by atoms with Crippen molar-refractivity contribution in [2.45, 2.75) is 19.9 Å². The maximum atomic E-state index is 14.1. The van der Waals surface area contributed by atoms with Gasteiger partial charge in [0.15, 0.2) is 0 Å². The highest BCUT2D eigenvalue weighted by molar-refractivity contribution is 6.07. The van der Waals surface area contributed by atoms with Gasteiger partial charge in [-0.15, -0.1) is 0 Å². The van der Waals surface area contributed by atoms with E-state index in [0.717, 1.165) is 46.6 Å². The molecule has 4 aromatic carbocycles. The standard InChI is InChI=1S/C36H35N3O2/c1-3-41-30-17-15-27(16-18-30)34-25-32(31-24-26(2)14-19-33(31)37-34)36(40)39-22-20-38(21-23-39)35(28-10-6-4-7-11-28)29-12-8-5-9-13-29/h4-19,24-25,35H,3,20-23H2,1-2H3. The monoisotopic (exact) mass is 541 g/mol. The lowest BCUT2D eigenvalue weighted by Gasteiger charge is -2.40. The summed E-state index contributed by atoms with van der Waals surface area (Å²) in [5, 5.41) is 0.901. The average Bonchev–Trinajstić information content (AvgIpc) is 3.02. The summed E-state index contributed by atoms with van der Waals surface area (Å²) in [6, 6.07) is 37.5. The van der Waals surface area contributed by atoms with Gasteiger partial charge in [-0.05, 0) is 67.4 Å². The molecule has 0 spiro atoms. The molecule has 2 heterocycles. The van der Waals surface area contributed by atoms with Crippen molar-refractivity contribution in [2.75, 3.05) is 32.8 Å². The molecule has 1 amide bonds. The molecule has 1 saturated heterocycles. The summed E-state index contributed by atoms with van der Waals surface area (Å²) in [6.07, 6.45) is 0. The molecule has 6 rings (SSSR count). The molecule has 0 N–H and O–H groups in total. The number of carbonyl (C=O) groups is 1. The zero-order valence-corrected chi connectivity index (χ0v) is 23.7. The van der Waals surface area contributed by atoms with Crippen LogP contribution in [-0.4, -0.2) is 53.5 Å². The first-order valence-electron chi connectivity index (χ1n) is 14.4. The first-order valence-corrected chi connectivity index (χ1v) is 14.4. The van der Waals surface area contributed by atoms with E-state index < -0.39 is 0 Å². The van der Waals surface area contributed by atoms with Crippen LogP contribution in [0.2, 0.25) is 0 Å². The Morgan fingerprint density at radius 1 is 0.805 bits per heavy atom. The van der Waals surface area contributed by atoms with Gasteiger partial charge in [0.1, 0.15) is 5.75 Å². The molecule has 1 aliphatic heterocycles. The van der Waals surface area contributed by atoms with Crippen molar-refractivity contribution < 1.29 is 9.53 Å². The summed E-state index contributed by atoms with van der Waals surface area (Å²) in [6.45, 7) is 7.59. The zero-order chi connectivity index (χ0) is 28.2. The van der Waals surface area contributed by atoms with Gasteiger partial charge in [-0.3, -0.25) is 9.69 Å². The third-order valence-corrected chi connectivity index (χ3v) is 7.85. The summed E-state index contributed by atoms with van der Waals surface area (Å²) >= 11 is 0. The number of amides is 1. The minimum Gasteiger partial charge on any atom is -0.494 e. The number of aryl methyl sites for hydroxylation is 1. The second-order valence-corrected chi connectivity index (χ2v) is 10.6. The molecular weight excluding hydrogens is 506 g/mol. The van der Waals surface area contributed by atoms with Crippen LogP contribution in [-0.2, 0) is 0 Å². The number of pyridine rings is 1. The van der Waals surface area contributed by atoms with Crippen LogP contribution < -0.4 is 4.74 Å². The maximum absolute atomic E-state index is 14.1. The predicted octanol–water partition coefficient (Wildman–Crippen LogP) is 7.16.